The molecule has 1 aliphatic rings. The number of likely N-dealkylation sites (tertiary alicyclic amines) is 1. The Bertz CT molecular complexity index is 199. The van der Waals surface area contributed by atoms with Gasteiger partial charge >= 0.3 is 6.18 Å². The molecule has 1 saturated heterocycles. The quantitative estimate of drug-likeness (QED) is 0.707. The summed E-state index contributed by atoms with van der Waals surface area (Å²) in [5.74, 6) is 0. The van der Waals surface area contributed by atoms with Crippen LogP contribution < -0.4 is 5.32 Å². The van der Waals surface area contributed by atoms with Gasteiger partial charge in [0.1, 0.15) is 0 Å². The number of alkyl halides is 3. The van der Waals surface area contributed by atoms with Gasteiger partial charge in [-0.05, 0) is 19.4 Å². The summed E-state index contributed by atoms with van der Waals surface area (Å²) in [6.45, 7) is 1.65. The fraction of sp³-hybridized carbons (Fsp3) is 1.00. The predicted octanol–water partition coefficient (Wildman–Crippen LogP) is 1.25. The Hall–Kier alpha value is -0.330. The van der Waals surface area contributed by atoms with Crippen LogP contribution in [-0.2, 0) is 4.74 Å². The summed E-state index contributed by atoms with van der Waals surface area (Å²) in [6, 6.07) is 0.0125. The zero-order chi connectivity index (χ0) is 12.0. The Morgan fingerprint density at radius 1 is 1.44 bits per heavy atom. The molecule has 0 aromatic rings. The van der Waals surface area contributed by atoms with E-state index in [0.717, 1.165) is 12.8 Å². The molecule has 0 spiro atoms. The third-order valence-corrected chi connectivity index (χ3v) is 2.74. The smallest absolute Gasteiger partial charge is 0.383 e. The molecule has 1 fully saturated rings. The second-order valence-electron chi connectivity index (χ2n) is 4.08. The summed E-state index contributed by atoms with van der Waals surface area (Å²) in [7, 11) is 1.60. The molecule has 0 saturated carbocycles. The van der Waals surface area contributed by atoms with Crippen molar-refractivity contribution in [3.63, 3.8) is 0 Å². The number of nitrogens with one attached hydrogen (secondary N) is 1. The molecule has 16 heavy (non-hydrogen) atoms. The third-order valence-electron chi connectivity index (χ3n) is 2.74. The molecule has 0 bridgehead atoms. The standard InChI is InChI=1S/C10H19F3N2O/c1-16-6-4-14-7-9-3-2-5-15(9)8-10(11,12)13/h9,14H,2-8H2,1H3. The molecule has 0 aromatic carbocycles. The van der Waals surface area contributed by atoms with Crippen molar-refractivity contribution in [3.8, 4) is 0 Å². The van der Waals surface area contributed by atoms with E-state index < -0.39 is 12.7 Å². The van der Waals surface area contributed by atoms with Crippen LogP contribution in [0.5, 0.6) is 0 Å². The van der Waals surface area contributed by atoms with E-state index in [-0.39, 0.29) is 6.04 Å². The van der Waals surface area contributed by atoms with Crippen molar-refractivity contribution in [2.45, 2.75) is 25.1 Å². The Labute approximate surface area is 93.9 Å². The summed E-state index contributed by atoms with van der Waals surface area (Å²) in [6.07, 6.45) is -2.39. The molecule has 0 aliphatic carbocycles. The Balaban J connectivity index is 2.24. The minimum atomic E-state index is -4.09. The first-order chi connectivity index (χ1) is 7.53. The lowest BCUT2D eigenvalue weighted by atomic mass is 10.2. The van der Waals surface area contributed by atoms with Crippen molar-refractivity contribution in [1.82, 2.24) is 10.2 Å². The zero-order valence-corrected chi connectivity index (χ0v) is 9.52. The second-order valence-corrected chi connectivity index (χ2v) is 4.08. The van der Waals surface area contributed by atoms with Gasteiger partial charge in [0.25, 0.3) is 0 Å². The molecule has 6 heteroatoms. The lowest BCUT2D eigenvalue weighted by Crippen LogP contribution is -2.43. The topological polar surface area (TPSA) is 24.5 Å². The van der Waals surface area contributed by atoms with E-state index in [2.05, 4.69) is 5.32 Å². The van der Waals surface area contributed by atoms with E-state index in [1.165, 1.54) is 4.90 Å². The van der Waals surface area contributed by atoms with Crippen LogP contribution in [0.1, 0.15) is 12.8 Å². The second kappa shape index (κ2) is 6.42. The van der Waals surface area contributed by atoms with Crippen molar-refractivity contribution >= 4 is 0 Å². The van der Waals surface area contributed by atoms with Crippen molar-refractivity contribution in [2.24, 2.45) is 0 Å². The fourth-order valence-corrected chi connectivity index (χ4v) is 2.01. The van der Waals surface area contributed by atoms with Gasteiger partial charge in [0.2, 0.25) is 0 Å². The van der Waals surface area contributed by atoms with E-state index in [4.69, 9.17) is 4.74 Å². The maximum absolute atomic E-state index is 12.2. The maximum atomic E-state index is 12.2. The highest BCUT2D eigenvalue weighted by atomic mass is 19.4. The number of hydrogen-bond donors (Lipinski definition) is 1. The van der Waals surface area contributed by atoms with Crippen LogP contribution >= 0.6 is 0 Å². The molecule has 0 radical (unpaired) electrons. The first kappa shape index (κ1) is 13.7. The molecule has 1 aliphatic heterocycles. The van der Waals surface area contributed by atoms with Crippen molar-refractivity contribution in [3.05, 3.63) is 0 Å². The molecule has 0 amide bonds. The average Bonchev–Trinajstić information content (AvgIpc) is 2.58. The van der Waals surface area contributed by atoms with Crippen molar-refractivity contribution in [1.29, 1.82) is 0 Å². The third kappa shape index (κ3) is 5.14. The highest BCUT2D eigenvalue weighted by Crippen LogP contribution is 2.23. The Morgan fingerprint density at radius 2 is 2.19 bits per heavy atom. The molecule has 1 atom stereocenters. The lowest BCUT2D eigenvalue weighted by molar-refractivity contribution is -0.147. The van der Waals surface area contributed by atoms with Crippen LogP contribution in [0.4, 0.5) is 13.2 Å². The van der Waals surface area contributed by atoms with E-state index in [9.17, 15) is 13.2 Å². The minimum Gasteiger partial charge on any atom is -0.383 e. The normalized spacial score (nSPS) is 22.9. The lowest BCUT2D eigenvalue weighted by Gasteiger charge is -2.25. The average molecular weight is 240 g/mol. The van der Waals surface area contributed by atoms with Crippen LogP contribution in [0.15, 0.2) is 0 Å². The monoisotopic (exact) mass is 240 g/mol. The van der Waals surface area contributed by atoms with E-state index in [1.54, 1.807) is 7.11 Å². The van der Waals surface area contributed by atoms with Gasteiger partial charge in [-0.2, -0.15) is 13.2 Å². The summed E-state index contributed by atoms with van der Waals surface area (Å²) >= 11 is 0. The van der Waals surface area contributed by atoms with E-state index >= 15 is 0 Å². The van der Waals surface area contributed by atoms with Gasteiger partial charge in [-0.25, -0.2) is 0 Å². The van der Waals surface area contributed by atoms with Crippen LogP contribution in [0.2, 0.25) is 0 Å². The summed E-state index contributed by atoms with van der Waals surface area (Å²) in [5.41, 5.74) is 0. The van der Waals surface area contributed by atoms with Crippen LogP contribution in [0, 0.1) is 0 Å². The van der Waals surface area contributed by atoms with Crippen LogP contribution in [0.3, 0.4) is 0 Å². The first-order valence-corrected chi connectivity index (χ1v) is 5.53. The largest absolute Gasteiger partial charge is 0.401 e. The molecule has 1 heterocycles. The number of nitrogens with zero attached hydrogens (tertiary/aromatic N) is 1. The van der Waals surface area contributed by atoms with Gasteiger partial charge in [-0.15, -0.1) is 0 Å². The van der Waals surface area contributed by atoms with Gasteiger partial charge in [-0.3, -0.25) is 4.90 Å². The van der Waals surface area contributed by atoms with Crippen molar-refractivity contribution < 1.29 is 17.9 Å². The molecular formula is C10H19F3N2O. The highest BCUT2D eigenvalue weighted by molar-refractivity contribution is 4.82. The maximum Gasteiger partial charge on any atom is 0.401 e. The Kier molecular flexibility index (Phi) is 5.51. The van der Waals surface area contributed by atoms with Gasteiger partial charge in [0, 0.05) is 26.2 Å². The predicted molar refractivity (Wildman–Crippen MR) is 55.4 cm³/mol. The molecule has 1 rings (SSSR count). The number of hydrogen-bond acceptors (Lipinski definition) is 3. The van der Waals surface area contributed by atoms with Crippen LogP contribution in [-0.4, -0.2) is 57.0 Å². The number of halogens is 3. The summed E-state index contributed by atoms with van der Waals surface area (Å²) in [5, 5.41) is 3.11. The highest BCUT2D eigenvalue weighted by Gasteiger charge is 2.35. The van der Waals surface area contributed by atoms with Gasteiger partial charge in [0.05, 0.1) is 13.2 Å². The molecule has 1 unspecified atom stereocenters. The number of ether oxygens (including phenoxy) is 1. The SMILES string of the molecule is COCCNCC1CCCN1CC(F)(F)F. The Morgan fingerprint density at radius 3 is 2.81 bits per heavy atom. The summed E-state index contributed by atoms with van der Waals surface area (Å²) in [4.78, 5) is 1.51. The van der Waals surface area contributed by atoms with Crippen molar-refractivity contribution in [2.75, 3.05) is 39.9 Å². The fourth-order valence-electron chi connectivity index (χ4n) is 2.01. The number of methoxy groups -OCH3 is 1. The van der Waals surface area contributed by atoms with Crippen LogP contribution in [0.25, 0.3) is 0 Å². The molecule has 96 valence electrons. The molecule has 3 nitrogen and oxygen atoms in total. The van der Waals surface area contributed by atoms with Gasteiger partial charge < -0.3 is 10.1 Å². The molecular weight excluding hydrogens is 221 g/mol. The first-order valence-electron chi connectivity index (χ1n) is 5.53. The minimum absolute atomic E-state index is 0.0125. The van der Waals surface area contributed by atoms with Gasteiger partial charge in [-0.1, -0.05) is 0 Å². The zero-order valence-electron chi connectivity index (χ0n) is 9.52. The number of rotatable bonds is 6. The van der Waals surface area contributed by atoms with E-state index in [0.29, 0.717) is 26.2 Å². The van der Waals surface area contributed by atoms with E-state index in [1.807, 2.05) is 0 Å². The molecule has 0 aromatic heterocycles. The summed E-state index contributed by atoms with van der Waals surface area (Å²) < 4.78 is 41.6. The van der Waals surface area contributed by atoms with Gasteiger partial charge in [0.15, 0.2) is 0 Å². The molecule has 1 N–H and O–H groups in total.